The minimum Gasteiger partial charge on any atom is -0.465 e. The van der Waals surface area contributed by atoms with Crippen molar-refractivity contribution in [2.24, 2.45) is 79.3 Å². The SMILES string of the molecule is CCCCOC(=O)C1CC(C(=O)O[C@H]2CC[C@]3(C)[C@H]4CC[C@@H]5[C@H]6C(C7(C)CC7)CC[C@]6(C(=O)N6CCC[C@H]6c6ncc(-c7ccccc7)[nH]6)CC[C@@]5(C)[C@]4(C)CC[C@H]3C2(C)C)C1(C)C. The third-order valence-electron chi connectivity index (χ3n) is 22.1. The van der Waals surface area contributed by atoms with Crippen molar-refractivity contribution in [1.82, 2.24) is 14.9 Å². The number of aromatic amines is 1. The molecule has 1 amide bonds. The van der Waals surface area contributed by atoms with Gasteiger partial charge in [-0.15, -0.1) is 0 Å². The number of carbonyl (C=O) groups is 3. The molecule has 2 heterocycles. The van der Waals surface area contributed by atoms with Crippen LogP contribution in [0.4, 0.5) is 0 Å². The van der Waals surface area contributed by atoms with Gasteiger partial charge in [0.2, 0.25) is 5.91 Å². The second-order valence-electron chi connectivity index (χ2n) is 25.3. The van der Waals surface area contributed by atoms with Crippen LogP contribution in [0.15, 0.2) is 36.5 Å². The predicted molar refractivity (Wildman–Crippen MR) is 250 cm³/mol. The number of hydrogen-bond donors (Lipinski definition) is 1. The first kappa shape index (κ1) is 44.7. The molecular weight excluding hydrogens is 795 g/mol. The van der Waals surface area contributed by atoms with Gasteiger partial charge >= 0.3 is 11.9 Å². The summed E-state index contributed by atoms with van der Waals surface area (Å²) >= 11 is 0. The number of unbranched alkanes of at least 4 members (excludes halogenated alkanes) is 1. The quantitative estimate of drug-likeness (QED) is 0.188. The van der Waals surface area contributed by atoms with E-state index in [2.05, 4.69) is 88.7 Å². The standard InChI is InChI=1S/C56H81N3O5/c1-10-11-32-63-47(60)38-33-39(50(38,2)3)48(61)64-44-23-24-53(7)42(51(44,4)5)22-25-55(9)43(53)20-19-37-45-36(52(6)27-28-52)21-26-56(45,30-29-54(37,55)8)49(62)59-31-15-18-41(59)46-57-34-40(58-46)35-16-13-12-14-17-35/h12-14,16-17,34,36-39,41-45H,10-11,15,18-33H2,1-9H3,(H,57,58)/t36?,37-,38?,39?,41+,42+,43-,44+,45-,53+,54-,55-,56+/m1/s1. The molecule has 1 aromatic carbocycles. The minimum absolute atomic E-state index is 0.0151. The summed E-state index contributed by atoms with van der Waals surface area (Å²) in [6.07, 6.45) is 20.1. The maximum atomic E-state index is 15.7. The van der Waals surface area contributed by atoms with Crippen LogP contribution in [0.3, 0.4) is 0 Å². The lowest BCUT2D eigenvalue weighted by Crippen LogP contribution is -2.67. The summed E-state index contributed by atoms with van der Waals surface area (Å²) in [5, 5.41) is 0. The number of esters is 2. The third-order valence-corrected chi connectivity index (χ3v) is 22.1. The fourth-order valence-corrected chi connectivity index (χ4v) is 17.7. The van der Waals surface area contributed by atoms with Crippen molar-refractivity contribution in [2.75, 3.05) is 13.2 Å². The number of amides is 1. The van der Waals surface area contributed by atoms with Gasteiger partial charge in [0, 0.05) is 12.0 Å². The van der Waals surface area contributed by atoms with Crippen molar-refractivity contribution >= 4 is 17.8 Å². The summed E-state index contributed by atoms with van der Waals surface area (Å²) < 4.78 is 12.2. The van der Waals surface area contributed by atoms with Gasteiger partial charge in [0.1, 0.15) is 11.9 Å². The average molecular weight is 876 g/mol. The Balaban J connectivity index is 0.879. The molecule has 350 valence electrons. The Morgan fingerprint density at radius 3 is 2.22 bits per heavy atom. The number of benzene rings is 1. The van der Waals surface area contributed by atoms with E-state index in [1.807, 2.05) is 20.0 Å². The van der Waals surface area contributed by atoms with E-state index < -0.39 is 5.41 Å². The van der Waals surface area contributed by atoms with Gasteiger partial charge in [-0.2, -0.15) is 0 Å². The van der Waals surface area contributed by atoms with E-state index in [-0.39, 0.29) is 63.0 Å². The second-order valence-corrected chi connectivity index (χ2v) is 25.3. The average Bonchev–Trinajstić information content (AvgIpc) is 3.64. The summed E-state index contributed by atoms with van der Waals surface area (Å²) in [6.45, 7) is 22.9. The topological polar surface area (TPSA) is 102 Å². The minimum atomic E-state index is -0.464. The largest absolute Gasteiger partial charge is 0.465 e. The van der Waals surface area contributed by atoms with E-state index in [1.54, 1.807) is 0 Å². The van der Waals surface area contributed by atoms with Crippen LogP contribution >= 0.6 is 0 Å². The number of carbonyl (C=O) groups excluding carboxylic acids is 3. The number of H-pyrrole nitrogens is 1. The zero-order valence-electron chi connectivity index (χ0n) is 41.0. The summed E-state index contributed by atoms with van der Waals surface area (Å²) in [4.78, 5) is 53.6. The molecule has 8 fully saturated rings. The van der Waals surface area contributed by atoms with Crippen LogP contribution in [0, 0.1) is 79.3 Å². The number of nitrogens with one attached hydrogen (secondary N) is 1. The molecule has 8 nitrogen and oxygen atoms in total. The molecule has 64 heavy (non-hydrogen) atoms. The second kappa shape index (κ2) is 15.4. The molecule has 1 aliphatic heterocycles. The number of imidazole rings is 1. The fraction of sp³-hybridized carbons (Fsp3) is 0.786. The first-order valence-electron chi connectivity index (χ1n) is 26.1. The number of nitrogens with zero attached hydrogens (tertiary/aromatic N) is 2. The monoisotopic (exact) mass is 876 g/mol. The Morgan fingerprint density at radius 1 is 0.750 bits per heavy atom. The summed E-state index contributed by atoms with van der Waals surface area (Å²) in [5.41, 5.74) is 2.14. The van der Waals surface area contributed by atoms with E-state index in [9.17, 15) is 9.59 Å². The lowest BCUT2D eigenvalue weighted by Gasteiger charge is -2.73. The predicted octanol–water partition coefficient (Wildman–Crippen LogP) is 12.5. The normalized spacial score (nSPS) is 42.3. The molecule has 1 saturated heterocycles. The molecular formula is C56H81N3O5. The number of rotatable bonds is 10. The Hall–Kier alpha value is -3.16. The summed E-state index contributed by atoms with van der Waals surface area (Å²) in [5.74, 6) is 3.28. The van der Waals surface area contributed by atoms with E-state index in [0.29, 0.717) is 53.9 Å². The van der Waals surface area contributed by atoms with Crippen LogP contribution in [-0.2, 0) is 23.9 Å². The lowest BCUT2D eigenvalue weighted by molar-refractivity contribution is -0.253. The van der Waals surface area contributed by atoms with Crippen LogP contribution < -0.4 is 0 Å². The Labute approximate surface area is 384 Å². The van der Waals surface area contributed by atoms with E-state index >= 15 is 4.79 Å². The number of likely N-dealkylation sites (tertiary alicyclic amines) is 1. The van der Waals surface area contributed by atoms with Crippen LogP contribution in [0.1, 0.15) is 183 Å². The molecule has 8 heteroatoms. The molecule has 1 N–H and O–H groups in total. The molecule has 7 aliphatic carbocycles. The van der Waals surface area contributed by atoms with Crippen molar-refractivity contribution in [1.29, 1.82) is 0 Å². The van der Waals surface area contributed by atoms with Crippen molar-refractivity contribution in [3.63, 3.8) is 0 Å². The number of fused-ring (bicyclic) bond motifs is 7. The highest BCUT2D eigenvalue weighted by Crippen LogP contribution is 2.79. The number of hydrogen-bond acceptors (Lipinski definition) is 6. The highest BCUT2D eigenvalue weighted by Gasteiger charge is 2.74. The van der Waals surface area contributed by atoms with Crippen LogP contribution in [-0.4, -0.2) is 52.0 Å². The first-order chi connectivity index (χ1) is 30.4. The zero-order valence-corrected chi connectivity index (χ0v) is 41.0. The summed E-state index contributed by atoms with van der Waals surface area (Å²) in [6, 6.07) is 10.5. The Bertz CT molecular complexity index is 2120. The van der Waals surface area contributed by atoms with Crippen molar-refractivity contribution in [3.05, 3.63) is 42.4 Å². The molecule has 1 aromatic heterocycles. The summed E-state index contributed by atoms with van der Waals surface area (Å²) in [7, 11) is 0. The molecule has 2 aromatic rings. The van der Waals surface area contributed by atoms with Crippen molar-refractivity contribution in [3.8, 4) is 11.3 Å². The Morgan fingerprint density at radius 2 is 1.50 bits per heavy atom. The molecule has 0 bridgehead atoms. The van der Waals surface area contributed by atoms with Gasteiger partial charge in [-0.05, 0) is 165 Å². The fourth-order valence-electron chi connectivity index (χ4n) is 17.7. The molecule has 0 spiro atoms. The molecule has 0 radical (unpaired) electrons. The van der Waals surface area contributed by atoms with Crippen molar-refractivity contribution < 1.29 is 23.9 Å². The van der Waals surface area contributed by atoms with Crippen LogP contribution in [0.5, 0.6) is 0 Å². The number of ether oxygens (including phenoxy) is 2. The Kier molecular flexibility index (Phi) is 10.8. The maximum absolute atomic E-state index is 15.7. The van der Waals surface area contributed by atoms with Gasteiger partial charge in [0.25, 0.3) is 0 Å². The van der Waals surface area contributed by atoms with Crippen LogP contribution in [0.25, 0.3) is 11.3 Å². The smallest absolute Gasteiger partial charge is 0.309 e. The lowest BCUT2D eigenvalue weighted by atomic mass is 9.32. The van der Waals surface area contributed by atoms with Gasteiger partial charge in [0.15, 0.2) is 0 Å². The number of aromatic nitrogens is 2. The molecule has 13 atom stereocenters. The van der Waals surface area contributed by atoms with Gasteiger partial charge < -0.3 is 19.4 Å². The molecule has 7 saturated carbocycles. The van der Waals surface area contributed by atoms with E-state index in [4.69, 9.17) is 14.5 Å². The van der Waals surface area contributed by atoms with Crippen molar-refractivity contribution in [2.45, 2.75) is 184 Å². The molecule has 10 rings (SSSR count). The van der Waals surface area contributed by atoms with Crippen LogP contribution in [0.2, 0.25) is 0 Å². The maximum Gasteiger partial charge on any atom is 0.309 e. The van der Waals surface area contributed by atoms with E-state index in [0.717, 1.165) is 87.8 Å². The van der Waals surface area contributed by atoms with E-state index in [1.165, 1.54) is 38.5 Å². The highest BCUT2D eigenvalue weighted by atomic mass is 16.5. The van der Waals surface area contributed by atoms with Gasteiger partial charge in [-0.1, -0.05) is 99.1 Å². The van der Waals surface area contributed by atoms with Gasteiger partial charge in [0.05, 0.1) is 41.8 Å². The van der Waals surface area contributed by atoms with Gasteiger partial charge in [-0.3, -0.25) is 14.4 Å². The molecule has 8 aliphatic rings. The molecule has 3 unspecified atom stereocenters. The third kappa shape index (κ3) is 6.44. The highest BCUT2D eigenvalue weighted by molar-refractivity contribution is 5.85. The van der Waals surface area contributed by atoms with Gasteiger partial charge in [-0.25, -0.2) is 4.98 Å². The first-order valence-corrected chi connectivity index (χ1v) is 26.1. The zero-order chi connectivity index (χ0) is 45.2.